The van der Waals surface area contributed by atoms with Crippen molar-refractivity contribution in [1.29, 1.82) is 0 Å². The molecule has 2 aromatic carbocycles. The molecule has 0 fully saturated rings. The van der Waals surface area contributed by atoms with Gasteiger partial charge in [-0.3, -0.25) is 10.1 Å². The largest absolute Gasteiger partial charge is 0.492 e. The van der Waals surface area contributed by atoms with E-state index in [4.69, 9.17) is 4.74 Å². The van der Waals surface area contributed by atoms with E-state index in [-0.39, 0.29) is 10.6 Å². The number of ether oxygens (including phenoxy) is 1. The molecule has 0 radical (unpaired) electrons. The number of thioether (sulfide) groups is 1. The van der Waals surface area contributed by atoms with Crippen molar-refractivity contribution < 1.29 is 9.66 Å². The first-order valence-corrected chi connectivity index (χ1v) is 9.65. The number of nitrogens with one attached hydrogen (secondary N) is 1. The molecule has 0 saturated heterocycles. The minimum Gasteiger partial charge on any atom is -0.492 e. The Kier molecular flexibility index (Phi) is 6.03. The summed E-state index contributed by atoms with van der Waals surface area (Å²) in [7, 11) is 0. The minimum atomic E-state index is -0.367. The third-order valence-electron chi connectivity index (χ3n) is 3.37. The smallest absolute Gasteiger partial charge is 0.273 e. The summed E-state index contributed by atoms with van der Waals surface area (Å²) in [5, 5.41) is 23.2. The summed E-state index contributed by atoms with van der Waals surface area (Å²) in [6, 6.07) is 14.3. The Labute approximate surface area is 158 Å². The molecule has 0 amide bonds. The molecule has 0 saturated carbocycles. The van der Waals surface area contributed by atoms with Gasteiger partial charge in [0.1, 0.15) is 5.75 Å². The number of nitro groups is 1. The molecular weight excluding hydrogens is 372 g/mol. The summed E-state index contributed by atoms with van der Waals surface area (Å²) in [5.74, 6) is 1.21. The summed E-state index contributed by atoms with van der Waals surface area (Å²) >= 11 is 2.81. The van der Waals surface area contributed by atoms with Gasteiger partial charge in [-0.2, -0.15) is 0 Å². The molecule has 7 nitrogen and oxygen atoms in total. The van der Waals surface area contributed by atoms with Crippen molar-refractivity contribution >= 4 is 39.6 Å². The van der Waals surface area contributed by atoms with Crippen molar-refractivity contribution in [3.8, 4) is 5.75 Å². The van der Waals surface area contributed by atoms with Gasteiger partial charge in [0.05, 0.1) is 17.2 Å². The van der Waals surface area contributed by atoms with Crippen LogP contribution in [0.5, 0.6) is 5.75 Å². The van der Waals surface area contributed by atoms with Crippen LogP contribution < -0.4 is 10.1 Å². The van der Waals surface area contributed by atoms with E-state index >= 15 is 0 Å². The molecule has 3 aromatic rings. The lowest BCUT2D eigenvalue weighted by Gasteiger charge is -2.09. The van der Waals surface area contributed by atoms with Crippen LogP contribution in [0.1, 0.15) is 12.5 Å². The first-order valence-electron chi connectivity index (χ1n) is 7.85. The van der Waals surface area contributed by atoms with Crippen LogP contribution in [0.15, 0.2) is 52.9 Å². The van der Waals surface area contributed by atoms with Crippen LogP contribution in [-0.4, -0.2) is 21.7 Å². The second kappa shape index (κ2) is 8.63. The number of nitro benzene ring substituents is 1. The van der Waals surface area contributed by atoms with Crippen LogP contribution in [0.25, 0.3) is 0 Å². The lowest BCUT2D eigenvalue weighted by atomic mass is 10.2. The molecule has 0 bridgehead atoms. The fourth-order valence-electron chi connectivity index (χ4n) is 2.24. The van der Waals surface area contributed by atoms with Crippen LogP contribution in [-0.2, 0) is 5.75 Å². The zero-order valence-electron chi connectivity index (χ0n) is 13.9. The van der Waals surface area contributed by atoms with Crippen LogP contribution in [0.4, 0.5) is 16.5 Å². The summed E-state index contributed by atoms with van der Waals surface area (Å²) in [5.41, 5.74) is 1.60. The van der Waals surface area contributed by atoms with Gasteiger partial charge in [0.25, 0.3) is 5.69 Å². The van der Waals surface area contributed by atoms with E-state index in [1.807, 2.05) is 31.2 Å². The fraction of sp³-hybridized carbons (Fsp3) is 0.176. The monoisotopic (exact) mass is 388 g/mol. The third-order valence-corrected chi connectivity index (χ3v) is 5.40. The fourth-order valence-corrected chi connectivity index (χ4v) is 4.00. The van der Waals surface area contributed by atoms with Gasteiger partial charge >= 0.3 is 0 Å². The van der Waals surface area contributed by atoms with Gasteiger partial charge < -0.3 is 10.1 Å². The normalized spacial score (nSPS) is 10.5. The average molecular weight is 388 g/mol. The molecule has 0 spiro atoms. The highest BCUT2D eigenvalue weighted by Crippen LogP contribution is 2.34. The van der Waals surface area contributed by atoms with Crippen LogP contribution in [0.3, 0.4) is 0 Å². The van der Waals surface area contributed by atoms with Crippen molar-refractivity contribution in [1.82, 2.24) is 10.2 Å². The lowest BCUT2D eigenvalue weighted by molar-refractivity contribution is -0.385. The van der Waals surface area contributed by atoms with Gasteiger partial charge in [0, 0.05) is 17.4 Å². The van der Waals surface area contributed by atoms with Crippen molar-refractivity contribution in [2.45, 2.75) is 17.0 Å². The number of para-hydroxylation sites is 3. The van der Waals surface area contributed by atoms with E-state index in [0.29, 0.717) is 23.1 Å². The van der Waals surface area contributed by atoms with Crippen molar-refractivity contribution in [3.05, 3.63) is 64.2 Å². The Morgan fingerprint density at radius 2 is 1.96 bits per heavy atom. The molecule has 1 N–H and O–H groups in total. The van der Waals surface area contributed by atoms with E-state index in [1.54, 1.807) is 18.2 Å². The molecule has 0 aliphatic carbocycles. The molecule has 0 unspecified atom stereocenters. The summed E-state index contributed by atoms with van der Waals surface area (Å²) < 4.78 is 6.32. The van der Waals surface area contributed by atoms with Gasteiger partial charge in [-0.15, -0.1) is 10.2 Å². The average Bonchev–Trinajstić information content (AvgIpc) is 3.09. The number of rotatable bonds is 8. The number of anilines is 2. The molecular formula is C17H16N4O3S2. The molecule has 26 heavy (non-hydrogen) atoms. The molecule has 1 heterocycles. The number of hydrogen-bond donors (Lipinski definition) is 1. The Bertz CT molecular complexity index is 901. The molecule has 0 aliphatic heterocycles. The van der Waals surface area contributed by atoms with Crippen LogP contribution >= 0.6 is 23.1 Å². The van der Waals surface area contributed by atoms with Gasteiger partial charge in [-0.05, 0) is 19.1 Å². The summed E-state index contributed by atoms with van der Waals surface area (Å²) in [6.45, 7) is 2.50. The highest BCUT2D eigenvalue weighted by atomic mass is 32.2. The predicted octanol–water partition coefficient (Wildman–Crippen LogP) is 4.88. The Morgan fingerprint density at radius 1 is 1.19 bits per heavy atom. The van der Waals surface area contributed by atoms with Gasteiger partial charge in [0.2, 0.25) is 5.13 Å². The van der Waals surface area contributed by atoms with E-state index < -0.39 is 0 Å². The number of aromatic nitrogens is 2. The lowest BCUT2D eigenvalue weighted by Crippen LogP contribution is -1.97. The SMILES string of the molecule is CCOc1ccccc1Nc1nnc(SCc2ccccc2[N+](=O)[O-])s1. The van der Waals surface area contributed by atoms with Crippen molar-refractivity contribution in [2.24, 2.45) is 0 Å². The highest BCUT2D eigenvalue weighted by Gasteiger charge is 2.14. The molecule has 134 valence electrons. The van der Waals surface area contributed by atoms with Gasteiger partial charge in [-0.1, -0.05) is 53.4 Å². The molecule has 3 rings (SSSR count). The predicted molar refractivity (Wildman–Crippen MR) is 103 cm³/mol. The molecule has 1 aromatic heterocycles. The first kappa shape index (κ1) is 18.2. The van der Waals surface area contributed by atoms with E-state index in [9.17, 15) is 10.1 Å². The zero-order valence-corrected chi connectivity index (χ0v) is 15.5. The highest BCUT2D eigenvalue weighted by molar-refractivity contribution is 8.00. The Hall–Kier alpha value is -2.65. The molecule has 9 heteroatoms. The quantitative estimate of drug-likeness (QED) is 0.334. The van der Waals surface area contributed by atoms with Crippen molar-refractivity contribution in [2.75, 3.05) is 11.9 Å². The van der Waals surface area contributed by atoms with Crippen LogP contribution in [0, 0.1) is 10.1 Å². The van der Waals surface area contributed by atoms with E-state index in [1.165, 1.54) is 29.2 Å². The third kappa shape index (κ3) is 4.50. The van der Waals surface area contributed by atoms with E-state index in [0.717, 1.165) is 15.8 Å². The Morgan fingerprint density at radius 3 is 2.77 bits per heavy atom. The maximum absolute atomic E-state index is 11.1. The Balaban J connectivity index is 1.67. The first-order chi connectivity index (χ1) is 12.7. The maximum atomic E-state index is 11.1. The summed E-state index contributed by atoms with van der Waals surface area (Å²) in [4.78, 5) is 10.7. The molecule has 0 aliphatic rings. The topological polar surface area (TPSA) is 90.2 Å². The summed E-state index contributed by atoms with van der Waals surface area (Å²) in [6.07, 6.45) is 0. The number of nitrogens with zero attached hydrogens (tertiary/aromatic N) is 3. The van der Waals surface area contributed by atoms with E-state index in [2.05, 4.69) is 15.5 Å². The van der Waals surface area contributed by atoms with Gasteiger partial charge in [-0.25, -0.2) is 0 Å². The molecule has 0 atom stereocenters. The number of benzene rings is 2. The standard InChI is InChI=1S/C17H16N4O3S2/c1-2-24-15-10-6-4-8-13(15)18-16-19-20-17(26-16)25-11-12-7-3-5-9-14(12)21(22)23/h3-10H,2,11H2,1H3,(H,18,19). The van der Waals surface area contributed by atoms with Gasteiger partial charge in [0.15, 0.2) is 4.34 Å². The second-order valence-electron chi connectivity index (χ2n) is 5.10. The maximum Gasteiger partial charge on any atom is 0.273 e. The van der Waals surface area contributed by atoms with Crippen LogP contribution in [0.2, 0.25) is 0 Å². The second-order valence-corrected chi connectivity index (χ2v) is 7.30. The zero-order chi connectivity index (χ0) is 18.4. The van der Waals surface area contributed by atoms with Crippen molar-refractivity contribution in [3.63, 3.8) is 0 Å². The number of hydrogen-bond acceptors (Lipinski definition) is 8. The minimum absolute atomic E-state index is 0.119.